The second-order valence-electron chi connectivity index (χ2n) is 10.9. The zero-order valence-electron chi connectivity index (χ0n) is 23.6. The Morgan fingerprint density at radius 3 is 2.07 bits per heavy atom. The number of halogens is 1. The fraction of sp³-hybridized carbons (Fsp3) is 0.343. The number of fused-ring (bicyclic) bond motifs is 2. The van der Waals surface area contributed by atoms with E-state index in [9.17, 15) is 9.59 Å². The van der Waals surface area contributed by atoms with Gasteiger partial charge in [-0.05, 0) is 48.4 Å². The Morgan fingerprint density at radius 2 is 1.41 bits per heavy atom. The Balaban J connectivity index is 1.49. The van der Waals surface area contributed by atoms with Crippen molar-refractivity contribution in [3.8, 4) is 11.1 Å². The predicted molar refractivity (Wildman–Crippen MR) is 170 cm³/mol. The maximum Gasteiger partial charge on any atom is 0.258 e. The summed E-state index contributed by atoms with van der Waals surface area (Å²) in [7, 11) is 0. The quantitative estimate of drug-likeness (QED) is 0.114. The Morgan fingerprint density at radius 1 is 0.780 bits per heavy atom. The van der Waals surface area contributed by atoms with E-state index in [0.29, 0.717) is 50.4 Å². The first-order valence-electron chi connectivity index (χ1n) is 14.8. The molecular formula is C35H36ClN3O2. The van der Waals surface area contributed by atoms with Gasteiger partial charge in [0.15, 0.2) is 5.78 Å². The fourth-order valence-corrected chi connectivity index (χ4v) is 6.07. The number of pyridine rings is 1. The van der Waals surface area contributed by atoms with Gasteiger partial charge in [-0.2, -0.15) is 0 Å². The molecule has 5 rings (SSSR count). The lowest BCUT2D eigenvalue weighted by atomic mass is 9.82. The summed E-state index contributed by atoms with van der Waals surface area (Å²) in [5.41, 5.74) is 4.13. The highest BCUT2D eigenvalue weighted by Crippen LogP contribution is 2.46. The van der Waals surface area contributed by atoms with Gasteiger partial charge in [-0.3, -0.25) is 9.59 Å². The molecule has 4 aromatic rings. The molecule has 0 bridgehead atoms. The lowest BCUT2D eigenvalue weighted by molar-refractivity contribution is 0.104. The van der Waals surface area contributed by atoms with Crippen molar-refractivity contribution < 1.29 is 4.79 Å². The molecule has 210 valence electrons. The number of ketones is 1. The van der Waals surface area contributed by atoms with Gasteiger partial charge in [-0.25, -0.2) is 4.85 Å². The Hall–Kier alpha value is -3.88. The zero-order chi connectivity index (χ0) is 28.8. The Bertz CT molecular complexity index is 1660. The van der Waals surface area contributed by atoms with Crippen LogP contribution in [0, 0.1) is 6.57 Å². The first-order valence-corrected chi connectivity index (χ1v) is 15.2. The zero-order valence-corrected chi connectivity index (χ0v) is 24.4. The third-order valence-electron chi connectivity index (χ3n) is 8.05. The number of nitrogens with one attached hydrogen (secondary N) is 1. The first-order chi connectivity index (χ1) is 20.0. The van der Waals surface area contributed by atoms with Gasteiger partial charge in [-0.1, -0.05) is 101 Å². The van der Waals surface area contributed by atoms with Gasteiger partial charge in [0, 0.05) is 33.8 Å². The predicted octanol–water partition coefficient (Wildman–Crippen LogP) is 10.1. The van der Waals surface area contributed by atoms with Crippen molar-refractivity contribution >= 4 is 45.3 Å². The van der Waals surface area contributed by atoms with Crippen LogP contribution >= 0.6 is 11.6 Å². The van der Waals surface area contributed by atoms with E-state index in [4.69, 9.17) is 18.2 Å². The molecule has 0 fully saturated rings. The summed E-state index contributed by atoms with van der Waals surface area (Å²) in [5.74, 6) is -0.116. The molecule has 0 radical (unpaired) electrons. The maximum absolute atomic E-state index is 14.0. The standard InChI is InChI=1S/C35H36ClN3O2/c1-3-4-5-6-7-8-9-10-11-14-23-39-29-22-21-28(38-25-19-17-24(36)18-20-25)31-32(29)30(33(37-2)35(39)41)26-15-12-13-16-27(26)34(31)40/h12-13,15-22,38H,3-11,14,23H2,1H3. The number of benzene rings is 3. The van der Waals surface area contributed by atoms with E-state index in [1.54, 1.807) is 22.8 Å². The van der Waals surface area contributed by atoms with Crippen LogP contribution in [0.4, 0.5) is 17.1 Å². The molecule has 1 aliphatic rings. The van der Waals surface area contributed by atoms with Crippen molar-refractivity contribution in [1.82, 2.24) is 4.57 Å². The molecule has 1 aromatic heterocycles. The van der Waals surface area contributed by atoms with Crippen LogP contribution in [-0.4, -0.2) is 10.4 Å². The Kier molecular flexibility index (Phi) is 9.21. The summed E-state index contributed by atoms with van der Waals surface area (Å²) in [6, 6.07) is 18.4. The highest BCUT2D eigenvalue weighted by molar-refractivity contribution is 6.31. The molecule has 0 atom stereocenters. The smallest absolute Gasteiger partial charge is 0.258 e. The molecular weight excluding hydrogens is 530 g/mol. The van der Waals surface area contributed by atoms with E-state index in [0.717, 1.165) is 24.9 Å². The van der Waals surface area contributed by atoms with Crippen molar-refractivity contribution in [3.05, 3.63) is 98.6 Å². The van der Waals surface area contributed by atoms with E-state index in [1.807, 2.05) is 42.5 Å². The highest BCUT2D eigenvalue weighted by Gasteiger charge is 2.32. The second-order valence-corrected chi connectivity index (χ2v) is 11.3. The van der Waals surface area contributed by atoms with E-state index in [-0.39, 0.29) is 17.0 Å². The fourth-order valence-electron chi connectivity index (χ4n) is 5.94. The molecule has 6 heteroatoms. The molecule has 41 heavy (non-hydrogen) atoms. The van der Waals surface area contributed by atoms with Crippen molar-refractivity contribution in [3.63, 3.8) is 0 Å². The maximum atomic E-state index is 14.0. The van der Waals surface area contributed by atoms with Crippen LogP contribution in [0.1, 0.15) is 87.1 Å². The van der Waals surface area contributed by atoms with Crippen LogP contribution in [0.3, 0.4) is 0 Å². The molecule has 5 nitrogen and oxygen atoms in total. The van der Waals surface area contributed by atoms with Crippen molar-refractivity contribution in [2.75, 3.05) is 5.32 Å². The number of hydrogen-bond acceptors (Lipinski definition) is 3. The number of carbonyl (C=O) groups excluding carboxylic acids is 1. The van der Waals surface area contributed by atoms with Gasteiger partial charge in [0.2, 0.25) is 0 Å². The van der Waals surface area contributed by atoms with Gasteiger partial charge in [0.25, 0.3) is 11.2 Å². The normalized spacial score (nSPS) is 11.9. The van der Waals surface area contributed by atoms with Crippen LogP contribution in [0.25, 0.3) is 26.9 Å². The van der Waals surface area contributed by atoms with Gasteiger partial charge < -0.3 is 9.88 Å². The molecule has 0 amide bonds. The van der Waals surface area contributed by atoms with Gasteiger partial charge in [-0.15, -0.1) is 0 Å². The summed E-state index contributed by atoms with van der Waals surface area (Å²) in [4.78, 5) is 31.5. The Labute approximate surface area is 247 Å². The number of carbonyl (C=O) groups is 1. The first kappa shape index (κ1) is 28.6. The van der Waals surface area contributed by atoms with Gasteiger partial charge >= 0.3 is 0 Å². The minimum absolute atomic E-state index is 0.0782. The SMILES string of the molecule is [C-]#[N+]c1c2c3c(c(Nc4ccc(Cl)cc4)ccc3n(CCCCCCCCCCCC)c1=O)C(=O)c1ccccc1-2. The van der Waals surface area contributed by atoms with Crippen molar-refractivity contribution in [2.45, 2.75) is 77.7 Å². The van der Waals surface area contributed by atoms with E-state index in [2.05, 4.69) is 17.1 Å². The molecule has 0 saturated heterocycles. The third-order valence-corrected chi connectivity index (χ3v) is 8.30. The molecule has 1 heterocycles. The van der Waals surface area contributed by atoms with E-state index < -0.39 is 0 Å². The lowest BCUT2D eigenvalue weighted by Gasteiger charge is -2.25. The number of anilines is 2. The van der Waals surface area contributed by atoms with Gasteiger partial charge in [0.1, 0.15) is 0 Å². The molecule has 0 saturated carbocycles. The highest BCUT2D eigenvalue weighted by atomic mass is 35.5. The van der Waals surface area contributed by atoms with Crippen molar-refractivity contribution in [1.29, 1.82) is 0 Å². The average molecular weight is 566 g/mol. The topological polar surface area (TPSA) is 55.5 Å². The van der Waals surface area contributed by atoms with E-state index in [1.165, 1.54) is 44.9 Å². The third kappa shape index (κ3) is 5.94. The number of nitrogens with zero attached hydrogens (tertiary/aromatic N) is 2. The van der Waals surface area contributed by atoms with Crippen LogP contribution in [0.15, 0.2) is 65.5 Å². The molecule has 3 aromatic carbocycles. The molecule has 0 aliphatic heterocycles. The lowest BCUT2D eigenvalue weighted by Crippen LogP contribution is -2.24. The number of unbranched alkanes of at least 4 members (excludes halogenated alkanes) is 9. The summed E-state index contributed by atoms with van der Waals surface area (Å²) in [5, 5.41) is 4.68. The minimum Gasteiger partial charge on any atom is -0.355 e. The molecule has 1 aliphatic carbocycles. The number of rotatable bonds is 13. The molecule has 1 N–H and O–H groups in total. The van der Waals surface area contributed by atoms with Crippen LogP contribution in [0.5, 0.6) is 0 Å². The largest absolute Gasteiger partial charge is 0.355 e. The van der Waals surface area contributed by atoms with Crippen LogP contribution < -0.4 is 10.9 Å². The average Bonchev–Trinajstić information content (AvgIpc) is 2.99. The summed E-state index contributed by atoms with van der Waals surface area (Å²) < 4.78 is 1.72. The number of hydrogen-bond donors (Lipinski definition) is 1. The van der Waals surface area contributed by atoms with Crippen molar-refractivity contribution in [2.24, 2.45) is 0 Å². The van der Waals surface area contributed by atoms with E-state index >= 15 is 0 Å². The van der Waals surface area contributed by atoms with Crippen LogP contribution in [-0.2, 0) is 6.54 Å². The van der Waals surface area contributed by atoms with Crippen LogP contribution in [0.2, 0.25) is 5.02 Å². The second kappa shape index (κ2) is 13.2. The number of aryl methyl sites for hydroxylation is 1. The monoisotopic (exact) mass is 565 g/mol. The summed E-state index contributed by atoms with van der Waals surface area (Å²) in [6.07, 6.45) is 12.0. The minimum atomic E-state index is -0.285. The van der Waals surface area contributed by atoms with Gasteiger partial charge in [0.05, 0.1) is 23.3 Å². The summed E-state index contributed by atoms with van der Waals surface area (Å²) >= 11 is 6.08. The number of aromatic nitrogens is 1. The molecule has 0 spiro atoms. The molecule has 0 unspecified atom stereocenters. The summed E-state index contributed by atoms with van der Waals surface area (Å²) in [6.45, 7) is 10.7.